The van der Waals surface area contributed by atoms with Crippen molar-refractivity contribution < 1.29 is 0 Å². The standard InChI is InChI=1S/C13H9ClN2/c14-10-5-3-4-9-8-15-11-6-1-2-7-12(11)16-13(9)10/h1-8,16H. The predicted molar refractivity (Wildman–Crippen MR) is 68.4 cm³/mol. The van der Waals surface area contributed by atoms with Crippen LogP contribution in [0.5, 0.6) is 0 Å². The van der Waals surface area contributed by atoms with Crippen LogP contribution in [0.1, 0.15) is 5.56 Å². The van der Waals surface area contributed by atoms with E-state index in [1.165, 1.54) is 0 Å². The lowest BCUT2D eigenvalue weighted by Gasteiger charge is -2.09. The third-order valence-electron chi connectivity index (χ3n) is 2.55. The average Bonchev–Trinajstić information content (AvgIpc) is 2.50. The van der Waals surface area contributed by atoms with Crippen molar-refractivity contribution in [1.82, 2.24) is 0 Å². The summed E-state index contributed by atoms with van der Waals surface area (Å²) in [6.07, 6.45) is 1.83. The van der Waals surface area contributed by atoms with E-state index in [2.05, 4.69) is 10.3 Å². The molecule has 0 spiro atoms. The Balaban J connectivity index is 2.22. The molecule has 3 heteroatoms. The van der Waals surface area contributed by atoms with E-state index in [1.54, 1.807) is 0 Å². The largest absolute Gasteiger partial charge is 0.352 e. The molecule has 0 bridgehead atoms. The van der Waals surface area contributed by atoms with Crippen molar-refractivity contribution in [1.29, 1.82) is 0 Å². The van der Waals surface area contributed by atoms with Gasteiger partial charge in [0.05, 0.1) is 22.1 Å². The summed E-state index contributed by atoms with van der Waals surface area (Å²) in [7, 11) is 0. The molecule has 1 aliphatic rings. The molecule has 16 heavy (non-hydrogen) atoms. The van der Waals surface area contributed by atoms with Crippen LogP contribution in [-0.4, -0.2) is 6.21 Å². The van der Waals surface area contributed by atoms with Gasteiger partial charge in [-0.05, 0) is 18.2 Å². The quantitative estimate of drug-likeness (QED) is 0.614. The summed E-state index contributed by atoms with van der Waals surface area (Å²) < 4.78 is 0. The Labute approximate surface area is 98.6 Å². The topological polar surface area (TPSA) is 24.4 Å². The first-order chi connectivity index (χ1) is 7.84. The normalized spacial score (nSPS) is 12.3. The van der Waals surface area contributed by atoms with Crippen LogP contribution in [-0.2, 0) is 0 Å². The van der Waals surface area contributed by atoms with Gasteiger partial charge in [-0.3, -0.25) is 4.99 Å². The monoisotopic (exact) mass is 228 g/mol. The van der Waals surface area contributed by atoms with Gasteiger partial charge in [0.15, 0.2) is 0 Å². The van der Waals surface area contributed by atoms with Crippen LogP contribution in [0.4, 0.5) is 17.1 Å². The number of para-hydroxylation sites is 3. The van der Waals surface area contributed by atoms with Crippen LogP contribution in [0.25, 0.3) is 0 Å². The van der Waals surface area contributed by atoms with E-state index in [0.717, 1.165) is 22.6 Å². The van der Waals surface area contributed by atoms with Crippen LogP contribution in [0.15, 0.2) is 47.5 Å². The Morgan fingerprint density at radius 1 is 1.00 bits per heavy atom. The molecule has 0 saturated carbocycles. The molecule has 0 amide bonds. The molecule has 2 aromatic carbocycles. The van der Waals surface area contributed by atoms with Crippen LogP contribution < -0.4 is 5.32 Å². The highest BCUT2D eigenvalue weighted by Crippen LogP contribution is 2.35. The number of nitrogens with one attached hydrogen (secondary N) is 1. The van der Waals surface area contributed by atoms with Gasteiger partial charge in [-0.15, -0.1) is 0 Å². The van der Waals surface area contributed by atoms with Crippen LogP contribution in [0.3, 0.4) is 0 Å². The van der Waals surface area contributed by atoms with Gasteiger partial charge in [0.1, 0.15) is 0 Å². The number of hydrogen-bond donors (Lipinski definition) is 1. The molecule has 0 unspecified atom stereocenters. The van der Waals surface area contributed by atoms with E-state index in [4.69, 9.17) is 11.6 Å². The summed E-state index contributed by atoms with van der Waals surface area (Å²) >= 11 is 6.16. The summed E-state index contributed by atoms with van der Waals surface area (Å²) in [6.45, 7) is 0. The van der Waals surface area contributed by atoms with Gasteiger partial charge < -0.3 is 5.32 Å². The maximum atomic E-state index is 6.16. The lowest BCUT2D eigenvalue weighted by Crippen LogP contribution is -1.93. The lowest BCUT2D eigenvalue weighted by atomic mass is 10.2. The first-order valence-electron chi connectivity index (χ1n) is 5.03. The summed E-state index contributed by atoms with van der Waals surface area (Å²) in [4.78, 5) is 4.42. The fourth-order valence-corrected chi connectivity index (χ4v) is 1.98. The third-order valence-corrected chi connectivity index (χ3v) is 2.87. The summed E-state index contributed by atoms with van der Waals surface area (Å²) in [5, 5.41) is 4.02. The Morgan fingerprint density at radius 3 is 2.81 bits per heavy atom. The van der Waals surface area contributed by atoms with Gasteiger partial charge in [-0.25, -0.2) is 0 Å². The van der Waals surface area contributed by atoms with E-state index in [0.29, 0.717) is 5.02 Å². The second kappa shape index (κ2) is 3.65. The van der Waals surface area contributed by atoms with Crippen molar-refractivity contribution in [2.45, 2.75) is 0 Å². The Hall–Kier alpha value is -1.80. The Bertz CT molecular complexity index is 576. The third kappa shape index (κ3) is 1.48. The lowest BCUT2D eigenvalue weighted by molar-refractivity contribution is 1.51. The van der Waals surface area contributed by atoms with E-state index >= 15 is 0 Å². The fraction of sp³-hybridized carbons (Fsp3) is 0. The first kappa shape index (κ1) is 9.43. The molecular formula is C13H9ClN2. The highest BCUT2D eigenvalue weighted by atomic mass is 35.5. The van der Waals surface area contributed by atoms with Gasteiger partial charge in [-0.1, -0.05) is 35.9 Å². The molecule has 3 rings (SSSR count). The minimum atomic E-state index is 0.709. The van der Waals surface area contributed by atoms with Crippen molar-refractivity contribution in [3.05, 3.63) is 53.1 Å². The Morgan fingerprint density at radius 2 is 1.88 bits per heavy atom. The number of halogens is 1. The van der Waals surface area contributed by atoms with Gasteiger partial charge in [0.2, 0.25) is 0 Å². The second-order valence-electron chi connectivity index (χ2n) is 3.60. The van der Waals surface area contributed by atoms with Crippen molar-refractivity contribution in [3.63, 3.8) is 0 Å². The van der Waals surface area contributed by atoms with Gasteiger partial charge in [-0.2, -0.15) is 0 Å². The van der Waals surface area contributed by atoms with Crippen LogP contribution in [0, 0.1) is 0 Å². The minimum absolute atomic E-state index is 0.709. The van der Waals surface area contributed by atoms with Crippen LogP contribution >= 0.6 is 11.6 Å². The molecule has 2 nitrogen and oxygen atoms in total. The molecule has 0 aliphatic carbocycles. The zero-order valence-electron chi connectivity index (χ0n) is 8.44. The average molecular weight is 229 g/mol. The SMILES string of the molecule is Clc1cccc2c1Nc1ccccc1N=C2. The number of aliphatic imine (C=N–C) groups is 1. The first-order valence-corrected chi connectivity index (χ1v) is 5.41. The smallest absolute Gasteiger partial charge is 0.0864 e. The molecular weight excluding hydrogens is 220 g/mol. The number of hydrogen-bond acceptors (Lipinski definition) is 2. The van der Waals surface area contributed by atoms with E-state index < -0.39 is 0 Å². The molecule has 0 atom stereocenters. The number of rotatable bonds is 0. The molecule has 1 heterocycles. The second-order valence-corrected chi connectivity index (χ2v) is 4.01. The Kier molecular flexibility index (Phi) is 2.15. The molecule has 1 N–H and O–H groups in total. The summed E-state index contributed by atoms with van der Waals surface area (Å²) in [5.74, 6) is 0. The maximum Gasteiger partial charge on any atom is 0.0864 e. The van der Waals surface area contributed by atoms with Gasteiger partial charge in [0, 0.05) is 11.8 Å². The molecule has 0 fully saturated rings. The highest BCUT2D eigenvalue weighted by molar-refractivity contribution is 6.34. The van der Waals surface area contributed by atoms with Crippen molar-refractivity contribution in [3.8, 4) is 0 Å². The van der Waals surface area contributed by atoms with Crippen molar-refractivity contribution >= 4 is 34.9 Å². The zero-order valence-corrected chi connectivity index (χ0v) is 9.20. The van der Waals surface area contributed by atoms with Crippen molar-refractivity contribution in [2.24, 2.45) is 4.99 Å². The molecule has 0 radical (unpaired) electrons. The van der Waals surface area contributed by atoms with E-state index in [-0.39, 0.29) is 0 Å². The van der Waals surface area contributed by atoms with Gasteiger partial charge in [0.25, 0.3) is 0 Å². The fourth-order valence-electron chi connectivity index (χ4n) is 1.75. The van der Waals surface area contributed by atoms with E-state index in [9.17, 15) is 0 Å². The van der Waals surface area contributed by atoms with E-state index in [1.807, 2.05) is 48.7 Å². The molecule has 0 saturated heterocycles. The number of anilines is 2. The highest BCUT2D eigenvalue weighted by Gasteiger charge is 2.10. The molecule has 2 aromatic rings. The molecule has 1 aliphatic heterocycles. The minimum Gasteiger partial charge on any atom is -0.352 e. The summed E-state index contributed by atoms with van der Waals surface area (Å²) in [6, 6.07) is 13.7. The number of nitrogens with zero attached hydrogens (tertiary/aromatic N) is 1. The number of benzene rings is 2. The zero-order chi connectivity index (χ0) is 11.0. The molecule has 78 valence electrons. The van der Waals surface area contributed by atoms with Crippen molar-refractivity contribution in [2.75, 3.05) is 5.32 Å². The maximum absolute atomic E-state index is 6.16. The summed E-state index contributed by atoms with van der Waals surface area (Å²) in [5.41, 5.74) is 3.82. The van der Waals surface area contributed by atoms with Crippen LogP contribution in [0.2, 0.25) is 5.02 Å². The number of fused-ring (bicyclic) bond motifs is 2. The van der Waals surface area contributed by atoms with Gasteiger partial charge >= 0.3 is 0 Å². The molecule has 0 aromatic heterocycles. The predicted octanol–water partition coefficient (Wildman–Crippen LogP) is 4.15.